The van der Waals surface area contributed by atoms with Crippen LogP contribution in [0.3, 0.4) is 0 Å². The van der Waals surface area contributed by atoms with Crippen LogP contribution in [0.4, 0.5) is 5.69 Å². The number of hydrogen-bond donors (Lipinski definition) is 2. The smallest absolute Gasteiger partial charge is 0.0825 e. The predicted molar refractivity (Wildman–Crippen MR) is 56.1 cm³/mol. The third kappa shape index (κ3) is 1.79. The summed E-state index contributed by atoms with van der Waals surface area (Å²) in [5, 5.41) is 7.59. The van der Waals surface area contributed by atoms with Gasteiger partial charge in [-0.3, -0.25) is 4.68 Å². The average molecular weight is 190 g/mol. The Morgan fingerprint density at radius 3 is 3.00 bits per heavy atom. The molecule has 0 saturated heterocycles. The quantitative estimate of drug-likeness (QED) is 0.773. The van der Waals surface area contributed by atoms with E-state index in [-0.39, 0.29) is 0 Å². The maximum atomic E-state index is 4.26. The standard InChI is InChI=1S/C10H14N4/c1-8-10(7-14(2)13-8)12-6-9-3-4-11-5-9/h3-5,7,11-12H,6H2,1-2H3. The molecule has 0 aliphatic rings. The van der Waals surface area contributed by atoms with Crippen molar-refractivity contribution in [2.75, 3.05) is 5.32 Å². The molecule has 14 heavy (non-hydrogen) atoms. The van der Waals surface area contributed by atoms with E-state index in [1.807, 2.05) is 37.2 Å². The van der Waals surface area contributed by atoms with E-state index < -0.39 is 0 Å². The van der Waals surface area contributed by atoms with Crippen LogP contribution >= 0.6 is 0 Å². The summed E-state index contributed by atoms with van der Waals surface area (Å²) in [6.45, 7) is 2.83. The molecule has 2 N–H and O–H groups in total. The fraction of sp³-hybridized carbons (Fsp3) is 0.300. The highest BCUT2D eigenvalue weighted by atomic mass is 15.3. The molecule has 0 aliphatic heterocycles. The number of nitrogens with zero attached hydrogens (tertiary/aromatic N) is 2. The molecule has 0 saturated carbocycles. The molecule has 4 heteroatoms. The summed E-state index contributed by atoms with van der Waals surface area (Å²) in [6.07, 6.45) is 5.90. The topological polar surface area (TPSA) is 45.6 Å². The number of nitrogens with one attached hydrogen (secondary N) is 2. The lowest BCUT2D eigenvalue weighted by atomic mass is 10.3. The number of hydrogen-bond acceptors (Lipinski definition) is 2. The van der Waals surface area contributed by atoms with Crippen molar-refractivity contribution in [3.05, 3.63) is 35.9 Å². The third-order valence-corrected chi connectivity index (χ3v) is 2.16. The van der Waals surface area contributed by atoms with Gasteiger partial charge >= 0.3 is 0 Å². The molecular weight excluding hydrogens is 176 g/mol. The second kappa shape index (κ2) is 3.57. The van der Waals surface area contributed by atoms with Crippen LogP contribution in [0.25, 0.3) is 0 Å². The number of aromatic amines is 1. The Bertz CT molecular complexity index is 400. The largest absolute Gasteiger partial charge is 0.378 e. The van der Waals surface area contributed by atoms with E-state index in [2.05, 4.69) is 21.5 Å². The van der Waals surface area contributed by atoms with Crippen LogP contribution in [0.1, 0.15) is 11.3 Å². The van der Waals surface area contributed by atoms with Crippen molar-refractivity contribution in [3.63, 3.8) is 0 Å². The minimum absolute atomic E-state index is 0.829. The van der Waals surface area contributed by atoms with Crippen molar-refractivity contribution in [2.45, 2.75) is 13.5 Å². The highest BCUT2D eigenvalue weighted by Crippen LogP contribution is 2.12. The Kier molecular flexibility index (Phi) is 2.26. The number of aromatic nitrogens is 3. The van der Waals surface area contributed by atoms with Crippen LogP contribution in [0, 0.1) is 6.92 Å². The summed E-state index contributed by atoms with van der Waals surface area (Å²) in [7, 11) is 1.93. The van der Waals surface area contributed by atoms with Crippen LogP contribution < -0.4 is 5.32 Å². The summed E-state index contributed by atoms with van der Waals surface area (Å²) >= 11 is 0. The molecule has 2 aromatic rings. The Morgan fingerprint density at radius 1 is 1.57 bits per heavy atom. The van der Waals surface area contributed by atoms with Gasteiger partial charge in [0.15, 0.2) is 0 Å². The molecule has 0 amide bonds. The van der Waals surface area contributed by atoms with E-state index in [0.29, 0.717) is 0 Å². The minimum Gasteiger partial charge on any atom is -0.378 e. The van der Waals surface area contributed by atoms with Gasteiger partial charge in [-0.25, -0.2) is 0 Å². The first-order valence-electron chi connectivity index (χ1n) is 4.61. The van der Waals surface area contributed by atoms with Gasteiger partial charge in [0.2, 0.25) is 0 Å². The van der Waals surface area contributed by atoms with Crippen molar-refractivity contribution in [1.29, 1.82) is 0 Å². The van der Waals surface area contributed by atoms with Gasteiger partial charge in [0.1, 0.15) is 0 Å². The molecule has 74 valence electrons. The molecule has 0 spiro atoms. The second-order valence-electron chi connectivity index (χ2n) is 3.37. The van der Waals surface area contributed by atoms with Crippen molar-refractivity contribution in [3.8, 4) is 0 Å². The van der Waals surface area contributed by atoms with E-state index in [4.69, 9.17) is 0 Å². The highest BCUT2D eigenvalue weighted by Gasteiger charge is 2.01. The Labute approximate surface area is 82.9 Å². The molecule has 2 aromatic heterocycles. The predicted octanol–water partition coefficient (Wildman–Crippen LogP) is 1.67. The molecule has 0 fully saturated rings. The van der Waals surface area contributed by atoms with Gasteiger partial charge in [0.05, 0.1) is 11.4 Å². The number of H-pyrrole nitrogens is 1. The fourth-order valence-electron chi connectivity index (χ4n) is 1.44. The molecule has 0 radical (unpaired) electrons. The Hall–Kier alpha value is -1.71. The molecule has 2 heterocycles. The zero-order valence-corrected chi connectivity index (χ0v) is 8.41. The van der Waals surface area contributed by atoms with Crippen molar-refractivity contribution in [2.24, 2.45) is 7.05 Å². The normalized spacial score (nSPS) is 10.4. The lowest BCUT2D eigenvalue weighted by molar-refractivity contribution is 0.756. The van der Waals surface area contributed by atoms with E-state index in [0.717, 1.165) is 17.9 Å². The summed E-state index contributed by atoms with van der Waals surface area (Å²) in [4.78, 5) is 3.02. The molecular formula is C10H14N4. The third-order valence-electron chi connectivity index (χ3n) is 2.16. The lowest BCUT2D eigenvalue weighted by Crippen LogP contribution is -1.98. The van der Waals surface area contributed by atoms with Gasteiger partial charge in [-0.2, -0.15) is 5.10 Å². The van der Waals surface area contributed by atoms with Crippen LogP contribution in [0.2, 0.25) is 0 Å². The average Bonchev–Trinajstić information content (AvgIpc) is 2.72. The molecule has 0 bridgehead atoms. The monoisotopic (exact) mass is 190 g/mol. The van der Waals surface area contributed by atoms with Crippen LogP contribution in [-0.2, 0) is 13.6 Å². The summed E-state index contributed by atoms with van der Waals surface area (Å²) < 4.78 is 1.81. The fourth-order valence-corrected chi connectivity index (χ4v) is 1.44. The van der Waals surface area contributed by atoms with E-state index in [1.54, 1.807) is 0 Å². The van der Waals surface area contributed by atoms with Crippen molar-refractivity contribution in [1.82, 2.24) is 14.8 Å². The lowest BCUT2D eigenvalue weighted by Gasteiger charge is -2.01. The maximum Gasteiger partial charge on any atom is 0.0825 e. The summed E-state index contributed by atoms with van der Waals surface area (Å²) in [6, 6.07) is 2.05. The van der Waals surface area contributed by atoms with Crippen LogP contribution in [0.5, 0.6) is 0 Å². The molecule has 4 nitrogen and oxygen atoms in total. The van der Waals surface area contributed by atoms with Gasteiger partial charge in [0, 0.05) is 32.2 Å². The van der Waals surface area contributed by atoms with E-state index in [9.17, 15) is 0 Å². The van der Waals surface area contributed by atoms with Gasteiger partial charge in [-0.15, -0.1) is 0 Å². The summed E-state index contributed by atoms with van der Waals surface area (Å²) in [5.74, 6) is 0. The van der Waals surface area contributed by atoms with Crippen LogP contribution in [0.15, 0.2) is 24.7 Å². The molecule has 0 aromatic carbocycles. The SMILES string of the molecule is Cc1nn(C)cc1NCc1cc[nH]c1. The number of rotatable bonds is 3. The van der Waals surface area contributed by atoms with Crippen LogP contribution in [-0.4, -0.2) is 14.8 Å². The number of anilines is 1. The van der Waals surface area contributed by atoms with Gasteiger partial charge in [-0.05, 0) is 18.6 Å². The van der Waals surface area contributed by atoms with Gasteiger partial charge in [0.25, 0.3) is 0 Å². The Balaban J connectivity index is 2.01. The molecule has 2 rings (SSSR count). The molecule has 0 unspecified atom stereocenters. The number of aryl methyl sites for hydroxylation is 2. The molecule has 0 atom stereocenters. The second-order valence-corrected chi connectivity index (χ2v) is 3.37. The Morgan fingerprint density at radius 2 is 2.43 bits per heavy atom. The van der Waals surface area contributed by atoms with Crippen molar-refractivity contribution >= 4 is 5.69 Å². The molecule has 0 aliphatic carbocycles. The first-order valence-corrected chi connectivity index (χ1v) is 4.61. The zero-order chi connectivity index (χ0) is 9.97. The zero-order valence-electron chi connectivity index (χ0n) is 8.41. The van der Waals surface area contributed by atoms with E-state index in [1.165, 1.54) is 5.56 Å². The summed E-state index contributed by atoms with van der Waals surface area (Å²) in [5.41, 5.74) is 3.37. The van der Waals surface area contributed by atoms with Crippen molar-refractivity contribution < 1.29 is 0 Å². The van der Waals surface area contributed by atoms with E-state index >= 15 is 0 Å². The van der Waals surface area contributed by atoms with Gasteiger partial charge < -0.3 is 10.3 Å². The maximum absolute atomic E-state index is 4.26. The van der Waals surface area contributed by atoms with Gasteiger partial charge in [-0.1, -0.05) is 0 Å². The first-order chi connectivity index (χ1) is 6.75. The highest BCUT2D eigenvalue weighted by molar-refractivity contribution is 5.45. The minimum atomic E-state index is 0.829. The first kappa shape index (κ1) is 8.87.